The predicted molar refractivity (Wildman–Crippen MR) is 64.1 cm³/mol. The van der Waals surface area contributed by atoms with Gasteiger partial charge in [0.1, 0.15) is 11.9 Å². The van der Waals surface area contributed by atoms with E-state index in [-0.39, 0.29) is 12.2 Å². The van der Waals surface area contributed by atoms with Crippen LogP contribution in [0.1, 0.15) is 19.6 Å². The van der Waals surface area contributed by atoms with Gasteiger partial charge in [0.2, 0.25) is 6.23 Å². The van der Waals surface area contributed by atoms with Gasteiger partial charge in [-0.1, -0.05) is 6.92 Å². The van der Waals surface area contributed by atoms with E-state index in [2.05, 4.69) is 4.98 Å². The summed E-state index contributed by atoms with van der Waals surface area (Å²) in [6, 6.07) is 1.16. The molecule has 0 spiro atoms. The van der Waals surface area contributed by atoms with E-state index >= 15 is 0 Å². The van der Waals surface area contributed by atoms with Crippen molar-refractivity contribution in [3.63, 3.8) is 0 Å². The van der Waals surface area contributed by atoms with Gasteiger partial charge < -0.3 is 20.7 Å². The third-order valence-electron chi connectivity index (χ3n) is 3.22. The average molecular weight is 291 g/mol. The maximum atomic E-state index is 14.0. The van der Waals surface area contributed by atoms with Crippen LogP contribution in [-0.2, 0) is 4.74 Å². The summed E-state index contributed by atoms with van der Waals surface area (Å²) >= 11 is 0. The molecule has 1 aliphatic rings. The number of alkyl halides is 2. The van der Waals surface area contributed by atoms with Crippen LogP contribution in [0.3, 0.4) is 0 Å². The molecule has 4 N–H and O–H groups in total. The van der Waals surface area contributed by atoms with Crippen LogP contribution in [0.5, 0.6) is 0 Å². The maximum absolute atomic E-state index is 14.0. The number of anilines is 1. The van der Waals surface area contributed by atoms with Gasteiger partial charge >= 0.3 is 11.6 Å². The highest BCUT2D eigenvalue weighted by atomic mass is 19.3. The molecule has 1 unspecified atom stereocenters. The molecular weight excluding hydrogens is 276 g/mol. The fourth-order valence-corrected chi connectivity index (χ4v) is 2.07. The second kappa shape index (κ2) is 5.08. The minimum atomic E-state index is -3.73. The Kier molecular flexibility index (Phi) is 3.76. The number of aliphatic hydroxyl groups excluding tert-OH is 2. The summed E-state index contributed by atoms with van der Waals surface area (Å²) in [4.78, 5) is 14.9. The Morgan fingerprint density at radius 2 is 2.30 bits per heavy atom. The number of ether oxygens (including phenoxy) is 1. The van der Waals surface area contributed by atoms with Crippen LogP contribution in [0.15, 0.2) is 17.1 Å². The van der Waals surface area contributed by atoms with Crippen LogP contribution in [-0.4, -0.2) is 44.0 Å². The number of nitrogens with two attached hydrogens (primary N) is 1. The van der Waals surface area contributed by atoms with Gasteiger partial charge in [0.15, 0.2) is 6.10 Å². The van der Waals surface area contributed by atoms with Crippen LogP contribution in [0, 0.1) is 0 Å². The van der Waals surface area contributed by atoms with Crippen LogP contribution in [0.2, 0.25) is 0 Å². The Balaban J connectivity index is 2.39. The van der Waals surface area contributed by atoms with Gasteiger partial charge in [-0.2, -0.15) is 13.8 Å². The maximum Gasteiger partial charge on any atom is 0.351 e. The van der Waals surface area contributed by atoms with Crippen molar-refractivity contribution in [2.45, 2.75) is 43.8 Å². The molecule has 112 valence electrons. The van der Waals surface area contributed by atoms with Crippen molar-refractivity contribution < 1.29 is 23.7 Å². The Morgan fingerprint density at radius 3 is 2.85 bits per heavy atom. The third kappa shape index (κ3) is 2.28. The topological polar surface area (TPSA) is 111 Å². The summed E-state index contributed by atoms with van der Waals surface area (Å²) in [5.74, 6) is -3.85. The van der Waals surface area contributed by atoms with E-state index in [0.29, 0.717) is 4.57 Å². The zero-order valence-electron chi connectivity index (χ0n) is 10.6. The molecule has 1 aliphatic heterocycles. The van der Waals surface area contributed by atoms with E-state index in [1.165, 1.54) is 0 Å². The summed E-state index contributed by atoms with van der Waals surface area (Å²) in [5, 5.41) is 19.2. The molecule has 0 aromatic carbocycles. The molecule has 0 radical (unpaired) electrons. The number of aliphatic hydroxyl groups is 2. The van der Waals surface area contributed by atoms with Crippen LogP contribution in [0.25, 0.3) is 0 Å². The summed E-state index contributed by atoms with van der Waals surface area (Å²) in [6.07, 6.45) is -5.87. The van der Waals surface area contributed by atoms with Crippen molar-refractivity contribution in [3.8, 4) is 0 Å². The lowest BCUT2D eigenvalue weighted by Gasteiger charge is -2.21. The van der Waals surface area contributed by atoms with Crippen molar-refractivity contribution in [3.05, 3.63) is 22.7 Å². The fourth-order valence-electron chi connectivity index (χ4n) is 2.07. The molecule has 2 heterocycles. The van der Waals surface area contributed by atoms with Crippen LogP contribution >= 0.6 is 0 Å². The van der Waals surface area contributed by atoms with Gasteiger partial charge in [0.05, 0.1) is 6.10 Å². The quantitative estimate of drug-likeness (QED) is 0.692. The number of nitrogen functional groups attached to an aromatic ring is 1. The fraction of sp³-hybridized carbons (Fsp3) is 0.636. The Hall–Kier alpha value is -1.58. The van der Waals surface area contributed by atoms with Gasteiger partial charge in [-0.15, -0.1) is 0 Å². The largest absolute Gasteiger partial charge is 0.390 e. The first-order valence-corrected chi connectivity index (χ1v) is 6.03. The van der Waals surface area contributed by atoms with Gasteiger partial charge in [0, 0.05) is 6.20 Å². The average Bonchev–Trinajstić information content (AvgIpc) is 2.61. The second-order valence-electron chi connectivity index (χ2n) is 4.59. The number of aromatic nitrogens is 2. The molecule has 7 nitrogen and oxygen atoms in total. The molecule has 2 rings (SSSR count). The molecule has 20 heavy (non-hydrogen) atoms. The Bertz CT molecular complexity index is 551. The standard InChI is InChI=1S/C11H15F2N3O4/c1-2-5(17)7-8(18)11(12,13)9(20-7)16-4-3-6(14)15-10(16)19/h3-5,7-9,17-18H,2H2,1H3,(H2,14,15,19)/t5?,7-,8-,9-/m1/s1. The van der Waals surface area contributed by atoms with E-state index < -0.39 is 36.2 Å². The monoisotopic (exact) mass is 291 g/mol. The Morgan fingerprint density at radius 1 is 1.65 bits per heavy atom. The van der Waals surface area contributed by atoms with E-state index in [9.17, 15) is 23.8 Å². The van der Waals surface area contributed by atoms with E-state index in [1.807, 2.05) is 0 Å². The molecule has 0 saturated carbocycles. The van der Waals surface area contributed by atoms with Crippen molar-refractivity contribution >= 4 is 5.82 Å². The lowest BCUT2D eigenvalue weighted by Crippen LogP contribution is -2.43. The number of hydrogen-bond donors (Lipinski definition) is 3. The first-order valence-electron chi connectivity index (χ1n) is 6.03. The van der Waals surface area contributed by atoms with Gasteiger partial charge in [-0.25, -0.2) is 4.79 Å². The molecule has 0 aliphatic carbocycles. The predicted octanol–water partition coefficient (Wildman–Crippen LogP) is -0.510. The number of hydrogen-bond acceptors (Lipinski definition) is 6. The molecule has 1 aromatic heterocycles. The molecule has 9 heteroatoms. The minimum Gasteiger partial charge on any atom is -0.390 e. The highest BCUT2D eigenvalue weighted by Crippen LogP contribution is 2.43. The first-order chi connectivity index (χ1) is 9.28. The number of rotatable bonds is 3. The number of halogens is 2. The van der Waals surface area contributed by atoms with Crippen molar-refractivity contribution in [2.24, 2.45) is 0 Å². The lowest BCUT2D eigenvalue weighted by atomic mass is 10.0. The molecular formula is C11H15F2N3O4. The van der Waals surface area contributed by atoms with E-state index in [4.69, 9.17) is 10.5 Å². The van der Waals surface area contributed by atoms with Crippen molar-refractivity contribution in [1.29, 1.82) is 0 Å². The zero-order chi connectivity index (χ0) is 15.1. The summed E-state index contributed by atoms with van der Waals surface area (Å²) < 4.78 is 33.5. The second-order valence-corrected chi connectivity index (χ2v) is 4.59. The normalized spacial score (nSPS) is 30.4. The third-order valence-corrected chi connectivity index (χ3v) is 3.22. The van der Waals surface area contributed by atoms with E-state index in [0.717, 1.165) is 12.3 Å². The smallest absolute Gasteiger partial charge is 0.351 e. The SMILES string of the molecule is CCC(O)[C@H]1O[C@@H](n2ccc(N)nc2=O)C(F)(F)[C@@H]1O. The first kappa shape index (κ1) is 14.8. The van der Waals surface area contributed by atoms with Crippen molar-refractivity contribution in [2.75, 3.05) is 5.73 Å². The van der Waals surface area contributed by atoms with Crippen LogP contribution in [0.4, 0.5) is 14.6 Å². The Labute approximate surface area is 112 Å². The summed E-state index contributed by atoms with van der Waals surface area (Å²) in [5.41, 5.74) is 4.26. The molecule has 4 atom stereocenters. The van der Waals surface area contributed by atoms with Crippen LogP contribution < -0.4 is 11.4 Å². The molecule has 1 fully saturated rings. The van der Waals surface area contributed by atoms with Gasteiger partial charge in [-0.05, 0) is 12.5 Å². The molecule has 0 bridgehead atoms. The molecule has 1 aromatic rings. The van der Waals surface area contributed by atoms with E-state index in [1.54, 1.807) is 6.92 Å². The van der Waals surface area contributed by atoms with Gasteiger partial charge in [0.25, 0.3) is 0 Å². The zero-order valence-corrected chi connectivity index (χ0v) is 10.6. The summed E-state index contributed by atoms with van der Waals surface area (Å²) in [6.45, 7) is 1.56. The molecule has 1 saturated heterocycles. The van der Waals surface area contributed by atoms with Gasteiger partial charge in [-0.3, -0.25) is 4.57 Å². The summed E-state index contributed by atoms with van der Waals surface area (Å²) in [7, 11) is 0. The highest BCUT2D eigenvalue weighted by molar-refractivity contribution is 5.23. The highest BCUT2D eigenvalue weighted by Gasteiger charge is 2.61. The minimum absolute atomic E-state index is 0.113. The van der Waals surface area contributed by atoms with Crippen molar-refractivity contribution in [1.82, 2.24) is 9.55 Å². The lowest BCUT2D eigenvalue weighted by molar-refractivity contribution is -0.141. The number of nitrogens with zero attached hydrogens (tertiary/aromatic N) is 2. The molecule has 0 amide bonds.